The number of allylic oxidation sites excluding steroid dienone is 2. The van der Waals surface area contributed by atoms with Gasteiger partial charge in [0.1, 0.15) is 19.3 Å². The quantitative estimate of drug-likeness (QED) is 0.300. The fraction of sp³-hybridized carbons (Fsp3) is 0.419. The molecule has 4 rings (SSSR count). The Morgan fingerprint density at radius 2 is 1.76 bits per heavy atom. The fourth-order valence-corrected chi connectivity index (χ4v) is 5.13. The molecule has 2 aliphatic rings. The van der Waals surface area contributed by atoms with Gasteiger partial charge >= 0.3 is 12.1 Å². The van der Waals surface area contributed by atoms with Crippen molar-refractivity contribution < 1.29 is 33.8 Å². The molecule has 0 bridgehead atoms. The van der Waals surface area contributed by atoms with Crippen LogP contribution in [0.5, 0.6) is 0 Å². The monoisotopic (exact) mass is 563 g/mol. The van der Waals surface area contributed by atoms with Gasteiger partial charge in [0.2, 0.25) is 11.8 Å². The Morgan fingerprint density at radius 3 is 2.44 bits per heavy atom. The molecule has 0 saturated carbocycles. The maximum absolute atomic E-state index is 12.8. The first-order chi connectivity index (χ1) is 19.9. The summed E-state index contributed by atoms with van der Waals surface area (Å²) >= 11 is 0. The Kier molecular flexibility index (Phi) is 10.5. The van der Waals surface area contributed by atoms with Crippen LogP contribution in [0.25, 0.3) is 11.1 Å². The van der Waals surface area contributed by atoms with E-state index in [4.69, 9.17) is 14.6 Å². The fourth-order valence-electron chi connectivity index (χ4n) is 5.13. The first-order valence-electron chi connectivity index (χ1n) is 14.0. The molecule has 1 aliphatic heterocycles. The molecular weight excluding hydrogens is 526 g/mol. The summed E-state index contributed by atoms with van der Waals surface area (Å²) in [5.41, 5.74) is 4.43. The topological polar surface area (TPSA) is 143 Å². The molecule has 0 radical (unpaired) electrons. The van der Waals surface area contributed by atoms with Crippen LogP contribution in [0.3, 0.4) is 0 Å². The van der Waals surface area contributed by atoms with Gasteiger partial charge in [-0.25, -0.2) is 9.59 Å². The summed E-state index contributed by atoms with van der Waals surface area (Å²) in [5.74, 6) is -1.99. The zero-order valence-electron chi connectivity index (χ0n) is 23.1. The Bertz CT molecular complexity index is 1230. The van der Waals surface area contributed by atoms with Gasteiger partial charge in [0.25, 0.3) is 0 Å². The highest BCUT2D eigenvalue weighted by molar-refractivity contribution is 5.86. The van der Waals surface area contributed by atoms with E-state index in [1.165, 1.54) is 0 Å². The first-order valence-corrected chi connectivity index (χ1v) is 14.0. The Hall–Kier alpha value is -4.18. The van der Waals surface area contributed by atoms with E-state index in [1.54, 1.807) is 13.0 Å². The van der Waals surface area contributed by atoms with Gasteiger partial charge in [-0.15, -0.1) is 0 Å². The molecule has 3 amide bonds. The summed E-state index contributed by atoms with van der Waals surface area (Å²) in [5, 5.41) is 17.1. The molecular formula is C31H37N3O7. The molecule has 2 aromatic rings. The molecule has 2 aromatic carbocycles. The summed E-state index contributed by atoms with van der Waals surface area (Å²) in [6.45, 7) is 1.58. The molecule has 0 aromatic heterocycles. The van der Waals surface area contributed by atoms with Crippen molar-refractivity contribution in [1.82, 2.24) is 16.0 Å². The van der Waals surface area contributed by atoms with E-state index >= 15 is 0 Å². The number of carbonyl (C=O) groups is 4. The summed E-state index contributed by atoms with van der Waals surface area (Å²) in [6.07, 6.45) is 3.90. The van der Waals surface area contributed by atoms with Crippen LogP contribution in [0.1, 0.15) is 49.7 Å². The molecule has 0 saturated heterocycles. The molecule has 10 nitrogen and oxygen atoms in total. The number of amides is 3. The standard InChI is InChI=1S/C31H37N3O7/c1-20(18-35)33-28(36)17-21-9-3-2-4-14-27(30(38)40-16-15-32-29(21)37)34-31(39)41-19-26-24-12-7-5-10-22(24)23-11-6-8-13-25(23)26/h2-3,5-8,10-13,20-21,26-27,35H,4,9,14-19H2,1H3,(H,32,37)(H,33,36)(H,34,39)/t20-,21-,27+/m1/s1. The van der Waals surface area contributed by atoms with Crippen molar-refractivity contribution in [3.63, 3.8) is 0 Å². The number of ether oxygens (including phenoxy) is 2. The molecule has 3 atom stereocenters. The predicted molar refractivity (Wildman–Crippen MR) is 152 cm³/mol. The van der Waals surface area contributed by atoms with E-state index in [1.807, 2.05) is 42.5 Å². The largest absolute Gasteiger partial charge is 0.462 e. The van der Waals surface area contributed by atoms with Gasteiger partial charge < -0.3 is 30.5 Å². The number of nitrogens with one attached hydrogen (secondary N) is 3. The van der Waals surface area contributed by atoms with E-state index in [2.05, 4.69) is 28.1 Å². The Morgan fingerprint density at radius 1 is 1.07 bits per heavy atom. The maximum Gasteiger partial charge on any atom is 0.407 e. The number of cyclic esters (lactones) is 1. The van der Waals surface area contributed by atoms with Crippen LogP contribution in [0, 0.1) is 5.92 Å². The summed E-state index contributed by atoms with van der Waals surface area (Å²) in [7, 11) is 0. The SMILES string of the molecule is C[C@H](CO)NC(=O)C[C@H]1CC=CCC[C@H](NC(=O)OCC2c3ccccc3-c3ccccc32)C(=O)OCCNC1=O. The average Bonchev–Trinajstić information content (AvgIpc) is 3.30. The van der Waals surface area contributed by atoms with E-state index in [9.17, 15) is 19.2 Å². The molecule has 0 fully saturated rings. The molecule has 218 valence electrons. The van der Waals surface area contributed by atoms with E-state index in [0.717, 1.165) is 22.3 Å². The van der Waals surface area contributed by atoms with Crippen LogP contribution in [-0.4, -0.2) is 67.4 Å². The van der Waals surface area contributed by atoms with E-state index in [-0.39, 0.29) is 56.9 Å². The van der Waals surface area contributed by atoms with Crippen LogP contribution in [0.4, 0.5) is 4.79 Å². The van der Waals surface area contributed by atoms with Gasteiger partial charge in [0.05, 0.1) is 19.1 Å². The lowest BCUT2D eigenvalue weighted by molar-refractivity contribution is -0.146. The molecule has 10 heteroatoms. The number of carbonyl (C=O) groups excluding carboxylic acids is 4. The normalized spacial score (nSPS) is 20.1. The number of aliphatic hydroxyl groups excluding tert-OH is 1. The van der Waals surface area contributed by atoms with Gasteiger partial charge in [-0.05, 0) is 48.4 Å². The third-order valence-corrected chi connectivity index (χ3v) is 7.26. The summed E-state index contributed by atoms with van der Waals surface area (Å²) < 4.78 is 10.9. The number of rotatable bonds is 7. The molecule has 41 heavy (non-hydrogen) atoms. The lowest BCUT2D eigenvalue weighted by atomic mass is 9.98. The highest BCUT2D eigenvalue weighted by atomic mass is 16.6. The molecule has 0 unspecified atom stereocenters. The zero-order valence-corrected chi connectivity index (χ0v) is 23.1. The smallest absolute Gasteiger partial charge is 0.407 e. The predicted octanol–water partition coefficient (Wildman–Crippen LogP) is 2.80. The molecule has 4 N–H and O–H groups in total. The van der Waals surface area contributed by atoms with Gasteiger partial charge in [-0.1, -0.05) is 60.7 Å². The van der Waals surface area contributed by atoms with Gasteiger partial charge in [0, 0.05) is 18.4 Å². The first kappa shape index (κ1) is 29.8. The average molecular weight is 564 g/mol. The number of alkyl carbamates (subject to hydrolysis) is 1. The minimum absolute atomic E-state index is 0.0355. The third kappa shape index (κ3) is 7.94. The Labute approximate surface area is 239 Å². The van der Waals surface area contributed by atoms with Crippen LogP contribution < -0.4 is 16.0 Å². The number of benzene rings is 2. The van der Waals surface area contributed by atoms with Crippen molar-refractivity contribution in [3.8, 4) is 11.1 Å². The van der Waals surface area contributed by atoms with Crippen molar-refractivity contribution >= 4 is 23.9 Å². The van der Waals surface area contributed by atoms with E-state index < -0.39 is 30.1 Å². The third-order valence-electron chi connectivity index (χ3n) is 7.26. The Balaban J connectivity index is 1.33. The van der Waals surface area contributed by atoms with Crippen molar-refractivity contribution in [2.24, 2.45) is 5.92 Å². The lowest BCUT2D eigenvalue weighted by Gasteiger charge is -2.19. The number of aliphatic hydroxyl groups is 1. The van der Waals surface area contributed by atoms with Crippen molar-refractivity contribution in [2.45, 2.75) is 50.6 Å². The van der Waals surface area contributed by atoms with Crippen LogP contribution >= 0.6 is 0 Å². The molecule has 1 heterocycles. The van der Waals surface area contributed by atoms with E-state index in [0.29, 0.717) is 12.8 Å². The molecule has 0 spiro atoms. The number of hydrogen-bond acceptors (Lipinski definition) is 7. The van der Waals surface area contributed by atoms with Crippen LogP contribution in [0.2, 0.25) is 0 Å². The maximum atomic E-state index is 12.8. The van der Waals surface area contributed by atoms with Crippen molar-refractivity contribution in [3.05, 3.63) is 71.8 Å². The number of fused-ring (bicyclic) bond motifs is 3. The zero-order chi connectivity index (χ0) is 29.2. The second-order valence-corrected chi connectivity index (χ2v) is 10.3. The summed E-state index contributed by atoms with van der Waals surface area (Å²) in [4.78, 5) is 50.4. The lowest BCUT2D eigenvalue weighted by Crippen LogP contribution is -2.43. The molecule has 1 aliphatic carbocycles. The van der Waals surface area contributed by atoms with Crippen molar-refractivity contribution in [1.29, 1.82) is 0 Å². The van der Waals surface area contributed by atoms with Gasteiger partial charge in [-0.3, -0.25) is 9.59 Å². The minimum atomic E-state index is -0.923. The number of hydrogen-bond donors (Lipinski definition) is 4. The van der Waals surface area contributed by atoms with Gasteiger partial charge in [0.15, 0.2) is 0 Å². The summed E-state index contributed by atoms with van der Waals surface area (Å²) in [6, 6.07) is 14.8. The highest BCUT2D eigenvalue weighted by Crippen LogP contribution is 2.44. The van der Waals surface area contributed by atoms with Crippen molar-refractivity contribution in [2.75, 3.05) is 26.4 Å². The number of esters is 1. The van der Waals surface area contributed by atoms with Crippen LogP contribution in [-0.2, 0) is 23.9 Å². The minimum Gasteiger partial charge on any atom is -0.462 e. The van der Waals surface area contributed by atoms with Gasteiger partial charge in [-0.2, -0.15) is 0 Å². The highest BCUT2D eigenvalue weighted by Gasteiger charge is 2.30. The van der Waals surface area contributed by atoms with Crippen LogP contribution in [0.15, 0.2) is 60.7 Å². The second-order valence-electron chi connectivity index (χ2n) is 10.3. The second kappa shape index (κ2) is 14.5.